The molecule has 0 aliphatic carbocycles. The van der Waals surface area contributed by atoms with Crippen LogP contribution in [0.2, 0.25) is 0 Å². The van der Waals surface area contributed by atoms with Gasteiger partial charge >= 0.3 is 0 Å². The molecule has 0 radical (unpaired) electrons. The van der Waals surface area contributed by atoms with Crippen molar-refractivity contribution in [3.63, 3.8) is 0 Å². The van der Waals surface area contributed by atoms with E-state index < -0.39 is 0 Å². The van der Waals surface area contributed by atoms with E-state index in [0.717, 1.165) is 11.0 Å². The molecular weight excluding hydrogens is 376 g/mol. The van der Waals surface area contributed by atoms with Gasteiger partial charge < -0.3 is 10.5 Å². The first kappa shape index (κ1) is 16.5. The van der Waals surface area contributed by atoms with Crippen molar-refractivity contribution >= 4 is 38.1 Å². The van der Waals surface area contributed by atoms with Crippen LogP contribution in [0.3, 0.4) is 0 Å². The second kappa shape index (κ2) is 6.17. The molecule has 0 aliphatic rings. The number of benzene rings is 2. The summed E-state index contributed by atoms with van der Waals surface area (Å²) >= 11 is 1.30. The van der Waals surface area contributed by atoms with E-state index in [1.165, 1.54) is 16.0 Å². The van der Waals surface area contributed by atoms with Gasteiger partial charge in [-0.15, -0.1) is 21.5 Å². The molecule has 0 atom stereocenters. The standard InChI is InChI=1S/C19H14N6O2S/c1-27-12-8-6-11(7-9-12)24-19(26)16-13(10-28-17(16)20)18(22-24)25-15-5-3-2-4-14(15)21-23-25/h2-10H,20H2,1H3. The average molecular weight is 390 g/mol. The van der Waals surface area contributed by atoms with Gasteiger partial charge in [-0.3, -0.25) is 4.79 Å². The number of aromatic nitrogens is 5. The van der Waals surface area contributed by atoms with E-state index >= 15 is 0 Å². The van der Waals surface area contributed by atoms with Gasteiger partial charge in [0.15, 0.2) is 5.82 Å². The second-order valence-electron chi connectivity index (χ2n) is 6.12. The molecule has 0 saturated heterocycles. The number of nitrogens with zero attached hydrogens (tertiary/aromatic N) is 5. The van der Waals surface area contributed by atoms with Crippen molar-refractivity contribution in [3.8, 4) is 17.3 Å². The minimum absolute atomic E-state index is 0.285. The van der Waals surface area contributed by atoms with Crippen LogP contribution in [0.4, 0.5) is 5.00 Å². The molecule has 3 heterocycles. The highest BCUT2D eigenvalue weighted by Gasteiger charge is 2.19. The van der Waals surface area contributed by atoms with Gasteiger partial charge in [0, 0.05) is 10.8 Å². The number of methoxy groups -OCH3 is 1. The van der Waals surface area contributed by atoms with Crippen LogP contribution in [0.25, 0.3) is 33.3 Å². The summed E-state index contributed by atoms with van der Waals surface area (Å²) in [5.41, 5.74) is 7.96. The number of nitrogens with two attached hydrogens (primary N) is 1. The quantitative estimate of drug-likeness (QED) is 0.508. The van der Waals surface area contributed by atoms with Crippen LogP contribution in [-0.2, 0) is 0 Å². The summed E-state index contributed by atoms with van der Waals surface area (Å²) in [5.74, 6) is 1.18. The predicted octanol–water partition coefficient (Wildman–Crippen LogP) is 2.77. The number of hydrogen-bond acceptors (Lipinski definition) is 7. The maximum absolute atomic E-state index is 13.1. The molecule has 0 spiro atoms. The van der Waals surface area contributed by atoms with E-state index in [1.54, 1.807) is 36.1 Å². The van der Waals surface area contributed by atoms with Crippen molar-refractivity contribution in [2.75, 3.05) is 12.8 Å². The monoisotopic (exact) mass is 390 g/mol. The lowest BCUT2D eigenvalue weighted by Crippen LogP contribution is -2.23. The zero-order valence-corrected chi connectivity index (χ0v) is 15.6. The fraction of sp³-hybridized carbons (Fsp3) is 0.0526. The molecule has 0 bridgehead atoms. The van der Waals surface area contributed by atoms with Crippen LogP contribution in [-0.4, -0.2) is 31.9 Å². The third-order valence-electron chi connectivity index (χ3n) is 4.53. The Hall–Kier alpha value is -3.72. The van der Waals surface area contributed by atoms with E-state index in [4.69, 9.17) is 10.5 Å². The van der Waals surface area contributed by atoms with Crippen LogP contribution >= 0.6 is 11.3 Å². The summed E-state index contributed by atoms with van der Waals surface area (Å²) < 4.78 is 8.15. The molecule has 2 N–H and O–H groups in total. The van der Waals surface area contributed by atoms with Gasteiger partial charge in [-0.05, 0) is 36.4 Å². The number of para-hydroxylation sites is 1. The molecule has 9 heteroatoms. The second-order valence-corrected chi connectivity index (χ2v) is 7.03. The molecule has 3 aromatic heterocycles. The number of fused-ring (bicyclic) bond motifs is 2. The van der Waals surface area contributed by atoms with E-state index in [1.807, 2.05) is 29.6 Å². The largest absolute Gasteiger partial charge is 0.497 e. The number of ether oxygens (including phenoxy) is 1. The number of hydrogen-bond donors (Lipinski definition) is 1. The molecule has 138 valence electrons. The fourth-order valence-corrected chi connectivity index (χ4v) is 3.92. The first-order valence-electron chi connectivity index (χ1n) is 8.42. The van der Waals surface area contributed by atoms with Crippen molar-refractivity contribution < 1.29 is 4.74 Å². The highest BCUT2D eigenvalue weighted by atomic mass is 32.1. The number of thiophene rings is 1. The summed E-state index contributed by atoms with van der Waals surface area (Å²) in [6, 6.07) is 14.7. The molecule has 0 fully saturated rings. The smallest absolute Gasteiger partial charge is 0.282 e. The first-order chi connectivity index (χ1) is 13.7. The Bertz CT molecular complexity index is 1380. The van der Waals surface area contributed by atoms with Crippen LogP contribution in [0.1, 0.15) is 0 Å². The van der Waals surface area contributed by atoms with Crippen molar-refractivity contribution in [2.24, 2.45) is 0 Å². The summed E-state index contributed by atoms with van der Waals surface area (Å²) in [5, 5.41) is 16.4. The SMILES string of the molecule is COc1ccc(-n2nc(-n3nnc4ccccc43)c3csc(N)c3c2=O)cc1. The summed E-state index contributed by atoms with van der Waals surface area (Å²) in [7, 11) is 1.59. The van der Waals surface area contributed by atoms with E-state index in [9.17, 15) is 4.79 Å². The topological polar surface area (TPSA) is 101 Å². The van der Waals surface area contributed by atoms with Gasteiger partial charge in [0.05, 0.1) is 28.7 Å². The van der Waals surface area contributed by atoms with Crippen LogP contribution in [0.15, 0.2) is 58.7 Å². The molecular formula is C19H14N6O2S. The molecule has 0 saturated carbocycles. The van der Waals surface area contributed by atoms with Crippen LogP contribution in [0.5, 0.6) is 5.75 Å². The Morgan fingerprint density at radius 2 is 1.86 bits per heavy atom. The number of rotatable bonds is 3. The Labute approximate surface area is 162 Å². The lowest BCUT2D eigenvalue weighted by Gasteiger charge is -2.10. The van der Waals surface area contributed by atoms with Gasteiger partial charge in [0.2, 0.25) is 0 Å². The highest BCUT2D eigenvalue weighted by molar-refractivity contribution is 7.15. The van der Waals surface area contributed by atoms with Gasteiger partial charge in [0.25, 0.3) is 5.56 Å². The minimum atomic E-state index is -0.285. The lowest BCUT2D eigenvalue weighted by molar-refractivity contribution is 0.414. The normalized spacial score (nSPS) is 11.3. The summed E-state index contributed by atoms with van der Waals surface area (Å²) in [4.78, 5) is 13.1. The van der Waals surface area contributed by atoms with Gasteiger partial charge in [-0.1, -0.05) is 17.3 Å². The van der Waals surface area contributed by atoms with Gasteiger partial charge in [-0.2, -0.15) is 9.36 Å². The molecule has 5 rings (SSSR count). The number of anilines is 1. The molecule has 8 nitrogen and oxygen atoms in total. The van der Waals surface area contributed by atoms with Crippen LogP contribution < -0.4 is 16.0 Å². The molecule has 0 aliphatic heterocycles. The Morgan fingerprint density at radius 1 is 1.07 bits per heavy atom. The van der Waals surface area contributed by atoms with E-state index in [2.05, 4.69) is 15.4 Å². The van der Waals surface area contributed by atoms with Gasteiger partial charge in [-0.25, -0.2) is 0 Å². The van der Waals surface area contributed by atoms with Crippen molar-refractivity contribution in [3.05, 3.63) is 64.3 Å². The Morgan fingerprint density at radius 3 is 2.64 bits per heavy atom. The lowest BCUT2D eigenvalue weighted by atomic mass is 10.2. The van der Waals surface area contributed by atoms with E-state index in [-0.39, 0.29) is 5.56 Å². The van der Waals surface area contributed by atoms with Gasteiger partial charge in [0.1, 0.15) is 11.3 Å². The molecule has 28 heavy (non-hydrogen) atoms. The fourth-order valence-electron chi connectivity index (χ4n) is 3.14. The molecule has 2 aromatic carbocycles. The first-order valence-corrected chi connectivity index (χ1v) is 9.30. The predicted molar refractivity (Wildman–Crippen MR) is 109 cm³/mol. The maximum Gasteiger partial charge on any atom is 0.282 e. The minimum Gasteiger partial charge on any atom is -0.497 e. The highest BCUT2D eigenvalue weighted by Crippen LogP contribution is 2.30. The molecule has 0 amide bonds. The third kappa shape index (κ3) is 2.37. The van der Waals surface area contributed by atoms with Crippen molar-refractivity contribution in [2.45, 2.75) is 0 Å². The zero-order chi connectivity index (χ0) is 19.3. The Kier molecular flexibility index (Phi) is 3.63. The average Bonchev–Trinajstić information content (AvgIpc) is 3.33. The van der Waals surface area contributed by atoms with Crippen LogP contribution in [0, 0.1) is 0 Å². The van der Waals surface area contributed by atoms with E-state index in [0.29, 0.717) is 33.0 Å². The molecule has 5 aromatic rings. The Balaban J connectivity index is 1.84. The maximum atomic E-state index is 13.1. The molecule has 0 unspecified atom stereocenters. The van der Waals surface area contributed by atoms with Crippen molar-refractivity contribution in [1.29, 1.82) is 0 Å². The summed E-state index contributed by atoms with van der Waals surface area (Å²) in [6.07, 6.45) is 0. The zero-order valence-electron chi connectivity index (χ0n) is 14.7. The van der Waals surface area contributed by atoms with Crippen molar-refractivity contribution in [1.82, 2.24) is 24.8 Å². The summed E-state index contributed by atoms with van der Waals surface area (Å²) in [6.45, 7) is 0. The third-order valence-corrected chi connectivity index (χ3v) is 5.34. The number of nitrogen functional groups attached to an aromatic ring is 1.